The van der Waals surface area contributed by atoms with Crippen LogP contribution in [0.25, 0.3) is 0 Å². The lowest BCUT2D eigenvalue weighted by Crippen LogP contribution is -2.35. The molecule has 0 unspecified atom stereocenters. The molecule has 1 fully saturated rings. The number of nitrogens with one attached hydrogen (secondary N) is 1. The Bertz CT molecular complexity index is 424. The Kier molecular flexibility index (Phi) is 5.87. The lowest BCUT2D eigenvalue weighted by atomic mass is 10.2. The van der Waals surface area contributed by atoms with E-state index in [-0.39, 0.29) is 0 Å². The van der Waals surface area contributed by atoms with Crippen molar-refractivity contribution in [2.75, 3.05) is 20.1 Å². The van der Waals surface area contributed by atoms with Crippen molar-refractivity contribution in [1.82, 2.24) is 20.0 Å². The Morgan fingerprint density at radius 2 is 2.10 bits per heavy atom. The van der Waals surface area contributed by atoms with E-state index < -0.39 is 0 Å². The number of hydrogen-bond acceptors (Lipinski definition) is 3. The zero-order valence-corrected chi connectivity index (χ0v) is 13.7. The summed E-state index contributed by atoms with van der Waals surface area (Å²) < 4.78 is 1.90. The van der Waals surface area contributed by atoms with Gasteiger partial charge in [0, 0.05) is 32.7 Å². The molecule has 2 rings (SSSR count). The Labute approximate surface area is 127 Å². The van der Waals surface area contributed by atoms with Gasteiger partial charge in [-0.3, -0.25) is 4.68 Å². The van der Waals surface area contributed by atoms with Crippen LogP contribution in [0.3, 0.4) is 0 Å². The molecule has 1 saturated carbocycles. The molecule has 1 aromatic heterocycles. The van der Waals surface area contributed by atoms with Gasteiger partial charge in [0.25, 0.3) is 0 Å². The summed E-state index contributed by atoms with van der Waals surface area (Å²) >= 11 is 6.34. The normalized spacial score (nSPS) is 16.4. The average Bonchev–Trinajstić information content (AvgIpc) is 3.05. The fourth-order valence-corrected chi connectivity index (χ4v) is 3.36. The van der Waals surface area contributed by atoms with Crippen LogP contribution in [0.2, 0.25) is 5.02 Å². The standard InChI is InChI=1S/C15H27ClN4/c1-4-13-15(16)14(20(3)18-13)11-17-9-10-19(2)12-7-5-6-8-12/h12,17H,4-11H2,1-3H3. The first kappa shape index (κ1) is 15.8. The Morgan fingerprint density at radius 3 is 2.70 bits per heavy atom. The second kappa shape index (κ2) is 7.43. The second-order valence-electron chi connectivity index (χ2n) is 5.78. The first-order valence-corrected chi connectivity index (χ1v) is 8.12. The zero-order valence-electron chi connectivity index (χ0n) is 13.0. The lowest BCUT2D eigenvalue weighted by Gasteiger charge is -2.23. The van der Waals surface area contributed by atoms with Crippen LogP contribution in [0.5, 0.6) is 0 Å². The van der Waals surface area contributed by atoms with Gasteiger partial charge in [0.2, 0.25) is 0 Å². The molecule has 0 radical (unpaired) electrons. The summed E-state index contributed by atoms with van der Waals surface area (Å²) in [6, 6.07) is 0.795. The molecule has 1 aliphatic carbocycles. The first-order valence-electron chi connectivity index (χ1n) is 7.74. The molecular formula is C15H27ClN4. The topological polar surface area (TPSA) is 33.1 Å². The van der Waals surface area contributed by atoms with E-state index in [1.54, 1.807) is 0 Å². The SMILES string of the molecule is CCc1nn(C)c(CNCCN(C)C2CCCC2)c1Cl. The van der Waals surface area contributed by atoms with Gasteiger partial charge in [0.1, 0.15) is 0 Å². The summed E-state index contributed by atoms with van der Waals surface area (Å²) in [5.41, 5.74) is 2.08. The molecule has 0 bridgehead atoms. The fraction of sp³-hybridized carbons (Fsp3) is 0.800. The molecular weight excluding hydrogens is 272 g/mol. The lowest BCUT2D eigenvalue weighted by molar-refractivity contribution is 0.245. The number of halogens is 1. The van der Waals surface area contributed by atoms with Gasteiger partial charge >= 0.3 is 0 Å². The van der Waals surface area contributed by atoms with Crippen LogP contribution in [0.15, 0.2) is 0 Å². The van der Waals surface area contributed by atoms with Gasteiger partial charge < -0.3 is 10.2 Å². The number of aryl methyl sites for hydroxylation is 2. The average molecular weight is 299 g/mol. The van der Waals surface area contributed by atoms with E-state index in [0.29, 0.717) is 0 Å². The molecule has 1 heterocycles. The van der Waals surface area contributed by atoms with Gasteiger partial charge in [-0.1, -0.05) is 31.4 Å². The Hall–Kier alpha value is -0.580. The van der Waals surface area contributed by atoms with Crippen LogP contribution in [0, 0.1) is 0 Å². The van der Waals surface area contributed by atoms with Crippen molar-refractivity contribution in [3.63, 3.8) is 0 Å². The number of hydrogen-bond donors (Lipinski definition) is 1. The number of aromatic nitrogens is 2. The summed E-state index contributed by atoms with van der Waals surface area (Å²) in [7, 11) is 4.20. The van der Waals surface area contributed by atoms with Crippen molar-refractivity contribution in [3.05, 3.63) is 16.4 Å². The van der Waals surface area contributed by atoms with Crippen molar-refractivity contribution in [1.29, 1.82) is 0 Å². The van der Waals surface area contributed by atoms with Crippen LogP contribution >= 0.6 is 11.6 Å². The monoisotopic (exact) mass is 298 g/mol. The Morgan fingerprint density at radius 1 is 1.40 bits per heavy atom. The molecule has 1 aromatic rings. The molecule has 5 heteroatoms. The quantitative estimate of drug-likeness (QED) is 0.786. The molecule has 114 valence electrons. The molecule has 1 N–H and O–H groups in total. The van der Waals surface area contributed by atoms with Crippen molar-refractivity contribution >= 4 is 11.6 Å². The maximum atomic E-state index is 6.34. The number of likely N-dealkylation sites (N-methyl/N-ethyl adjacent to an activating group) is 1. The van der Waals surface area contributed by atoms with Crippen molar-refractivity contribution in [2.45, 2.75) is 51.6 Å². The molecule has 4 nitrogen and oxygen atoms in total. The predicted molar refractivity (Wildman–Crippen MR) is 84.2 cm³/mol. The van der Waals surface area contributed by atoms with E-state index >= 15 is 0 Å². The number of rotatable bonds is 7. The van der Waals surface area contributed by atoms with Crippen LogP contribution in [0.4, 0.5) is 0 Å². The molecule has 0 spiro atoms. The van der Waals surface area contributed by atoms with E-state index in [2.05, 4.69) is 29.3 Å². The second-order valence-corrected chi connectivity index (χ2v) is 6.16. The van der Waals surface area contributed by atoms with Crippen LogP contribution in [-0.4, -0.2) is 40.9 Å². The molecule has 0 aromatic carbocycles. The minimum absolute atomic E-state index is 0.793. The molecule has 0 amide bonds. The molecule has 0 saturated heterocycles. The van der Waals surface area contributed by atoms with Gasteiger partial charge in [-0.15, -0.1) is 0 Å². The summed E-state index contributed by atoms with van der Waals surface area (Å²) in [4.78, 5) is 2.49. The van der Waals surface area contributed by atoms with Crippen LogP contribution in [0.1, 0.15) is 44.0 Å². The third-order valence-corrected chi connectivity index (χ3v) is 4.82. The molecule has 20 heavy (non-hydrogen) atoms. The van der Waals surface area contributed by atoms with Crippen molar-refractivity contribution < 1.29 is 0 Å². The van der Waals surface area contributed by atoms with E-state index in [4.69, 9.17) is 11.6 Å². The minimum atomic E-state index is 0.793. The molecule has 0 atom stereocenters. The predicted octanol–water partition coefficient (Wildman–Crippen LogP) is 2.60. The number of nitrogens with zero attached hydrogens (tertiary/aromatic N) is 3. The van der Waals surface area contributed by atoms with Gasteiger partial charge in [0.05, 0.1) is 16.4 Å². The van der Waals surface area contributed by atoms with Gasteiger partial charge in [-0.25, -0.2) is 0 Å². The van der Waals surface area contributed by atoms with Gasteiger partial charge in [-0.05, 0) is 26.3 Å². The van der Waals surface area contributed by atoms with Crippen molar-refractivity contribution in [2.24, 2.45) is 7.05 Å². The maximum absolute atomic E-state index is 6.34. The van der Waals surface area contributed by atoms with Gasteiger partial charge in [0.15, 0.2) is 0 Å². The first-order chi connectivity index (χ1) is 9.63. The van der Waals surface area contributed by atoms with Crippen LogP contribution in [-0.2, 0) is 20.0 Å². The van der Waals surface area contributed by atoms with E-state index in [0.717, 1.165) is 48.5 Å². The summed E-state index contributed by atoms with van der Waals surface area (Å²) in [5, 5.41) is 8.75. The van der Waals surface area contributed by atoms with Crippen LogP contribution < -0.4 is 5.32 Å². The van der Waals surface area contributed by atoms with E-state index in [1.807, 2.05) is 11.7 Å². The van der Waals surface area contributed by atoms with E-state index in [9.17, 15) is 0 Å². The highest BCUT2D eigenvalue weighted by Gasteiger charge is 2.19. The highest BCUT2D eigenvalue weighted by molar-refractivity contribution is 6.31. The summed E-state index contributed by atoms with van der Waals surface area (Å²) in [6.07, 6.45) is 6.41. The largest absolute Gasteiger partial charge is 0.310 e. The Balaban J connectivity index is 1.74. The highest BCUT2D eigenvalue weighted by Crippen LogP contribution is 2.22. The zero-order chi connectivity index (χ0) is 14.5. The third kappa shape index (κ3) is 3.74. The molecule has 0 aliphatic heterocycles. The maximum Gasteiger partial charge on any atom is 0.0863 e. The highest BCUT2D eigenvalue weighted by atomic mass is 35.5. The van der Waals surface area contributed by atoms with Gasteiger partial charge in [-0.2, -0.15) is 5.10 Å². The summed E-state index contributed by atoms with van der Waals surface area (Å²) in [6.45, 7) is 4.97. The summed E-state index contributed by atoms with van der Waals surface area (Å²) in [5.74, 6) is 0. The third-order valence-electron chi connectivity index (χ3n) is 4.38. The van der Waals surface area contributed by atoms with Crippen molar-refractivity contribution in [3.8, 4) is 0 Å². The minimum Gasteiger partial charge on any atom is -0.310 e. The molecule has 1 aliphatic rings. The smallest absolute Gasteiger partial charge is 0.0863 e. The van der Waals surface area contributed by atoms with E-state index in [1.165, 1.54) is 25.7 Å². The fourth-order valence-electron chi connectivity index (χ4n) is 3.00.